The zero-order valence-electron chi connectivity index (χ0n) is 13.4. The molecule has 1 aromatic heterocycles. The molecule has 4 heteroatoms. The first kappa shape index (κ1) is 15.9. The van der Waals surface area contributed by atoms with Gasteiger partial charge in [0.1, 0.15) is 0 Å². The standard InChI is InChI=1S/C15H28N4/c1-11(2)12(3)19(7)14-16-8-13(9-17-14)10-18-15(4,5)6/h8-9,11-12,18H,10H2,1-7H3. The third-order valence-corrected chi connectivity index (χ3v) is 3.41. The van der Waals surface area contributed by atoms with Crippen molar-refractivity contribution in [2.45, 2.75) is 59.7 Å². The number of nitrogens with one attached hydrogen (secondary N) is 1. The Morgan fingerprint density at radius 3 is 2.11 bits per heavy atom. The van der Waals surface area contributed by atoms with Gasteiger partial charge in [0.25, 0.3) is 0 Å². The van der Waals surface area contributed by atoms with Crippen molar-refractivity contribution in [2.75, 3.05) is 11.9 Å². The minimum absolute atomic E-state index is 0.113. The van der Waals surface area contributed by atoms with E-state index in [-0.39, 0.29) is 5.54 Å². The minimum atomic E-state index is 0.113. The van der Waals surface area contributed by atoms with Gasteiger partial charge in [0.2, 0.25) is 5.95 Å². The zero-order chi connectivity index (χ0) is 14.6. The first-order valence-electron chi connectivity index (χ1n) is 6.99. The van der Waals surface area contributed by atoms with E-state index in [9.17, 15) is 0 Å². The minimum Gasteiger partial charge on any atom is -0.341 e. The number of rotatable bonds is 5. The van der Waals surface area contributed by atoms with Gasteiger partial charge in [-0.25, -0.2) is 9.97 Å². The molecule has 0 saturated carbocycles. The fourth-order valence-corrected chi connectivity index (χ4v) is 1.62. The normalized spacial score (nSPS) is 13.7. The molecular weight excluding hydrogens is 236 g/mol. The van der Waals surface area contributed by atoms with E-state index in [4.69, 9.17) is 0 Å². The summed E-state index contributed by atoms with van der Waals surface area (Å²) >= 11 is 0. The lowest BCUT2D eigenvalue weighted by Crippen LogP contribution is -2.35. The highest BCUT2D eigenvalue weighted by molar-refractivity contribution is 5.30. The van der Waals surface area contributed by atoms with Crippen LogP contribution in [0.4, 0.5) is 5.95 Å². The molecule has 4 nitrogen and oxygen atoms in total. The summed E-state index contributed by atoms with van der Waals surface area (Å²) in [6, 6.07) is 0.429. The van der Waals surface area contributed by atoms with Gasteiger partial charge in [-0.2, -0.15) is 0 Å². The van der Waals surface area contributed by atoms with E-state index < -0.39 is 0 Å². The van der Waals surface area contributed by atoms with Gasteiger partial charge in [-0.15, -0.1) is 0 Å². The van der Waals surface area contributed by atoms with Crippen LogP contribution < -0.4 is 10.2 Å². The van der Waals surface area contributed by atoms with Gasteiger partial charge in [0.05, 0.1) is 0 Å². The van der Waals surface area contributed by atoms with Crippen molar-refractivity contribution in [3.05, 3.63) is 18.0 Å². The highest BCUT2D eigenvalue weighted by Gasteiger charge is 2.15. The molecule has 0 aliphatic rings. The third kappa shape index (κ3) is 5.15. The molecule has 0 fully saturated rings. The number of aromatic nitrogens is 2. The lowest BCUT2D eigenvalue weighted by molar-refractivity contribution is 0.423. The summed E-state index contributed by atoms with van der Waals surface area (Å²) in [6.45, 7) is 13.9. The predicted octanol–water partition coefficient (Wildman–Crippen LogP) is 2.85. The molecule has 19 heavy (non-hydrogen) atoms. The molecular formula is C15H28N4. The Hall–Kier alpha value is -1.16. The van der Waals surface area contributed by atoms with E-state index in [1.165, 1.54) is 0 Å². The average molecular weight is 264 g/mol. The smallest absolute Gasteiger partial charge is 0.225 e. The van der Waals surface area contributed by atoms with Crippen molar-refractivity contribution in [3.63, 3.8) is 0 Å². The molecule has 1 rings (SSSR count). The third-order valence-electron chi connectivity index (χ3n) is 3.41. The number of hydrogen-bond acceptors (Lipinski definition) is 4. The van der Waals surface area contributed by atoms with E-state index in [1.54, 1.807) is 0 Å². The summed E-state index contributed by atoms with van der Waals surface area (Å²) in [4.78, 5) is 11.0. The number of nitrogens with zero attached hydrogens (tertiary/aromatic N) is 3. The van der Waals surface area contributed by atoms with Crippen molar-refractivity contribution in [1.29, 1.82) is 0 Å². The molecule has 1 heterocycles. The van der Waals surface area contributed by atoms with Crippen LogP contribution in [-0.2, 0) is 6.54 Å². The predicted molar refractivity (Wildman–Crippen MR) is 81.3 cm³/mol. The zero-order valence-corrected chi connectivity index (χ0v) is 13.4. The molecule has 1 atom stereocenters. The lowest BCUT2D eigenvalue weighted by Gasteiger charge is -2.28. The molecule has 0 aliphatic heterocycles. The van der Waals surface area contributed by atoms with Gasteiger partial charge < -0.3 is 10.2 Å². The first-order chi connectivity index (χ1) is 8.70. The Kier molecular flexibility index (Phi) is 5.29. The molecule has 0 aromatic carbocycles. The Morgan fingerprint density at radius 2 is 1.68 bits per heavy atom. The second-order valence-corrected chi connectivity index (χ2v) is 6.59. The maximum Gasteiger partial charge on any atom is 0.225 e. The second kappa shape index (κ2) is 6.33. The quantitative estimate of drug-likeness (QED) is 0.888. The summed E-state index contributed by atoms with van der Waals surface area (Å²) in [5.74, 6) is 1.37. The van der Waals surface area contributed by atoms with Gasteiger partial charge >= 0.3 is 0 Å². The van der Waals surface area contributed by atoms with Crippen LogP contribution in [0.25, 0.3) is 0 Å². The summed E-state index contributed by atoms with van der Waals surface area (Å²) in [5.41, 5.74) is 1.23. The fourth-order valence-electron chi connectivity index (χ4n) is 1.62. The molecule has 1 unspecified atom stereocenters. The molecule has 0 aliphatic carbocycles. The van der Waals surface area contributed by atoms with Crippen LogP contribution in [-0.4, -0.2) is 28.6 Å². The van der Waals surface area contributed by atoms with E-state index >= 15 is 0 Å². The maximum absolute atomic E-state index is 4.46. The molecule has 0 saturated heterocycles. The van der Waals surface area contributed by atoms with E-state index in [0.717, 1.165) is 18.1 Å². The van der Waals surface area contributed by atoms with Crippen molar-refractivity contribution in [2.24, 2.45) is 5.92 Å². The van der Waals surface area contributed by atoms with Crippen molar-refractivity contribution in [3.8, 4) is 0 Å². The topological polar surface area (TPSA) is 41.1 Å². The average Bonchev–Trinajstić information content (AvgIpc) is 2.34. The molecule has 0 amide bonds. The molecule has 0 spiro atoms. The second-order valence-electron chi connectivity index (χ2n) is 6.59. The Morgan fingerprint density at radius 1 is 1.16 bits per heavy atom. The molecule has 1 N–H and O–H groups in total. The largest absolute Gasteiger partial charge is 0.341 e. The van der Waals surface area contributed by atoms with Crippen LogP contribution in [0.2, 0.25) is 0 Å². The number of hydrogen-bond donors (Lipinski definition) is 1. The number of anilines is 1. The van der Waals surface area contributed by atoms with Crippen LogP contribution in [0.5, 0.6) is 0 Å². The SMILES string of the molecule is CC(C)C(C)N(C)c1ncc(CNC(C)(C)C)cn1. The monoisotopic (exact) mass is 264 g/mol. The summed E-state index contributed by atoms with van der Waals surface area (Å²) in [6.07, 6.45) is 3.81. The summed E-state index contributed by atoms with van der Waals surface area (Å²) in [5, 5.41) is 3.43. The highest BCUT2D eigenvalue weighted by atomic mass is 15.2. The summed E-state index contributed by atoms with van der Waals surface area (Å²) in [7, 11) is 2.05. The van der Waals surface area contributed by atoms with Crippen LogP contribution in [0.3, 0.4) is 0 Å². The molecule has 1 aromatic rings. The van der Waals surface area contributed by atoms with Crippen molar-refractivity contribution < 1.29 is 0 Å². The van der Waals surface area contributed by atoms with Crippen LogP contribution in [0.1, 0.15) is 47.1 Å². The molecule has 0 bridgehead atoms. The van der Waals surface area contributed by atoms with Crippen LogP contribution >= 0.6 is 0 Å². The van der Waals surface area contributed by atoms with Gasteiger partial charge in [-0.05, 0) is 33.6 Å². The van der Waals surface area contributed by atoms with Gasteiger partial charge in [0.15, 0.2) is 0 Å². The molecule has 0 radical (unpaired) electrons. The van der Waals surface area contributed by atoms with Gasteiger partial charge in [0, 0.05) is 43.1 Å². The van der Waals surface area contributed by atoms with Crippen LogP contribution in [0, 0.1) is 5.92 Å². The molecule has 108 valence electrons. The van der Waals surface area contributed by atoms with Crippen LogP contribution in [0.15, 0.2) is 12.4 Å². The summed E-state index contributed by atoms with van der Waals surface area (Å²) < 4.78 is 0. The van der Waals surface area contributed by atoms with Crippen molar-refractivity contribution in [1.82, 2.24) is 15.3 Å². The van der Waals surface area contributed by atoms with Gasteiger partial charge in [-0.1, -0.05) is 13.8 Å². The first-order valence-corrected chi connectivity index (χ1v) is 6.99. The Labute approximate surface area is 117 Å². The highest BCUT2D eigenvalue weighted by Crippen LogP contribution is 2.14. The Balaban J connectivity index is 2.66. The Bertz CT molecular complexity index is 378. The van der Waals surface area contributed by atoms with Crippen molar-refractivity contribution >= 4 is 5.95 Å². The lowest BCUT2D eigenvalue weighted by atomic mass is 10.1. The van der Waals surface area contributed by atoms with E-state index in [0.29, 0.717) is 12.0 Å². The van der Waals surface area contributed by atoms with Gasteiger partial charge in [-0.3, -0.25) is 0 Å². The van der Waals surface area contributed by atoms with E-state index in [1.807, 2.05) is 19.4 Å². The maximum atomic E-state index is 4.46. The fraction of sp³-hybridized carbons (Fsp3) is 0.733. The van der Waals surface area contributed by atoms with E-state index in [2.05, 4.69) is 61.7 Å².